The van der Waals surface area contributed by atoms with E-state index in [0.717, 1.165) is 26.1 Å². The minimum Gasteiger partial charge on any atom is -0.490 e. The van der Waals surface area contributed by atoms with Gasteiger partial charge in [-0.15, -0.1) is 0 Å². The minimum absolute atomic E-state index is 0.165. The van der Waals surface area contributed by atoms with E-state index in [4.69, 9.17) is 21.1 Å². The summed E-state index contributed by atoms with van der Waals surface area (Å²) in [7, 11) is 0. The Hall–Kier alpha value is -1.73. The van der Waals surface area contributed by atoms with Crippen molar-refractivity contribution >= 4 is 49.1 Å². The number of ether oxygens (including phenoxy) is 2. The summed E-state index contributed by atoms with van der Waals surface area (Å²) in [5, 5.41) is 13.9. The average Bonchev–Trinajstić information content (AvgIpc) is 2.68. The Kier molecular flexibility index (Phi) is 7.62. The van der Waals surface area contributed by atoms with Crippen molar-refractivity contribution in [2.75, 3.05) is 18.5 Å². The van der Waals surface area contributed by atoms with E-state index >= 15 is 0 Å². The van der Waals surface area contributed by atoms with Gasteiger partial charge in [0.25, 0.3) is 0 Å². The van der Waals surface area contributed by atoms with Crippen LogP contribution in [0.1, 0.15) is 0 Å². The summed E-state index contributed by atoms with van der Waals surface area (Å²) in [5.74, 6) is 2.15. The third-order valence-electron chi connectivity index (χ3n) is 3.77. The molecule has 146 valence electrons. The van der Waals surface area contributed by atoms with Gasteiger partial charge in [0.05, 0.1) is 4.47 Å². The molecular formula is C21H18Br2ClNO3. The van der Waals surface area contributed by atoms with Crippen LogP contribution in [0.3, 0.4) is 0 Å². The molecule has 0 saturated carbocycles. The molecule has 2 N–H and O–H groups in total. The Balaban J connectivity index is 1.45. The molecule has 0 aliphatic carbocycles. The molecule has 1 unspecified atom stereocenters. The van der Waals surface area contributed by atoms with Crippen molar-refractivity contribution in [1.82, 2.24) is 0 Å². The summed E-state index contributed by atoms with van der Waals surface area (Å²) < 4.78 is 13.2. The summed E-state index contributed by atoms with van der Waals surface area (Å²) in [5.41, 5.74) is 0.884. The topological polar surface area (TPSA) is 50.7 Å². The number of benzene rings is 3. The van der Waals surface area contributed by atoms with Crippen LogP contribution in [0.4, 0.5) is 5.69 Å². The van der Waals surface area contributed by atoms with Crippen molar-refractivity contribution < 1.29 is 14.6 Å². The van der Waals surface area contributed by atoms with Gasteiger partial charge in [-0.3, -0.25) is 0 Å². The van der Waals surface area contributed by atoms with Gasteiger partial charge in [-0.05, 0) is 82.7 Å². The third kappa shape index (κ3) is 6.41. The zero-order valence-electron chi connectivity index (χ0n) is 14.7. The predicted octanol–water partition coefficient (Wildman–Crippen LogP) is 6.51. The maximum absolute atomic E-state index is 10.1. The van der Waals surface area contributed by atoms with Crippen molar-refractivity contribution in [2.45, 2.75) is 6.10 Å². The Bertz CT molecular complexity index is 905. The van der Waals surface area contributed by atoms with Crippen LogP contribution in [0.2, 0.25) is 5.02 Å². The SMILES string of the molecule is OC(CNc1ccc(Oc2ccc(Br)cc2)cc1)COc1ccc(Cl)cc1Br. The molecule has 4 nitrogen and oxygen atoms in total. The van der Waals surface area contributed by atoms with Crippen molar-refractivity contribution in [1.29, 1.82) is 0 Å². The van der Waals surface area contributed by atoms with Gasteiger partial charge in [-0.2, -0.15) is 0 Å². The number of rotatable bonds is 8. The predicted molar refractivity (Wildman–Crippen MR) is 120 cm³/mol. The van der Waals surface area contributed by atoms with Gasteiger partial charge >= 0.3 is 0 Å². The van der Waals surface area contributed by atoms with Crippen LogP contribution in [0, 0.1) is 0 Å². The Morgan fingerprint density at radius 1 is 0.929 bits per heavy atom. The number of halogens is 3. The van der Waals surface area contributed by atoms with Crippen molar-refractivity contribution in [2.24, 2.45) is 0 Å². The number of hydrogen-bond donors (Lipinski definition) is 2. The molecule has 3 aromatic carbocycles. The largest absolute Gasteiger partial charge is 0.490 e. The summed E-state index contributed by atoms with van der Waals surface area (Å²) in [6.45, 7) is 0.524. The van der Waals surface area contributed by atoms with Crippen LogP contribution in [-0.4, -0.2) is 24.4 Å². The highest BCUT2D eigenvalue weighted by molar-refractivity contribution is 9.10. The second-order valence-electron chi connectivity index (χ2n) is 6.00. The fourth-order valence-corrected chi connectivity index (χ4v) is 3.41. The number of nitrogens with one attached hydrogen (secondary N) is 1. The first-order valence-electron chi connectivity index (χ1n) is 8.53. The summed E-state index contributed by atoms with van der Waals surface area (Å²) >= 11 is 12.7. The van der Waals surface area contributed by atoms with Crippen LogP contribution < -0.4 is 14.8 Å². The fourth-order valence-electron chi connectivity index (χ4n) is 2.35. The Labute approximate surface area is 185 Å². The molecule has 28 heavy (non-hydrogen) atoms. The fraction of sp³-hybridized carbons (Fsp3) is 0.143. The highest BCUT2D eigenvalue weighted by Crippen LogP contribution is 2.28. The molecule has 0 heterocycles. The zero-order chi connectivity index (χ0) is 19.9. The van der Waals surface area contributed by atoms with E-state index in [1.165, 1.54) is 0 Å². The standard InChI is InChI=1S/C21H18Br2ClNO3/c22-14-1-6-18(7-2-14)28-19-8-4-16(5-9-19)25-12-17(26)13-27-21-10-3-15(24)11-20(21)23/h1-11,17,25-26H,12-13H2. The molecule has 0 aliphatic rings. The molecule has 0 aromatic heterocycles. The number of anilines is 1. The Morgan fingerprint density at radius 2 is 1.57 bits per heavy atom. The summed E-state index contributed by atoms with van der Waals surface area (Å²) in [6.07, 6.45) is -0.665. The number of aliphatic hydroxyl groups is 1. The van der Waals surface area contributed by atoms with E-state index in [1.807, 2.05) is 48.5 Å². The molecule has 0 fully saturated rings. The average molecular weight is 528 g/mol. The van der Waals surface area contributed by atoms with Crippen LogP contribution in [0.15, 0.2) is 75.7 Å². The van der Waals surface area contributed by atoms with E-state index in [1.54, 1.807) is 18.2 Å². The molecule has 0 saturated heterocycles. The molecule has 3 aromatic rings. The summed E-state index contributed by atoms with van der Waals surface area (Å²) in [4.78, 5) is 0. The van der Waals surface area contributed by atoms with Crippen LogP contribution in [-0.2, 0) is 0 Å². The van der Waals surface area contributed by atoms with Crippen molar-refractivity contribution in [3.63, 3.8) is 0 Å². The zero-order valence-corrected chi connectivity index (χ0v) is 18.7. The van der Waals surface area contributed by atoms with Gasteiger partial charge in [-0.25, -0.2) is 0 Å². The first-order chi connectivity index (χ1) is 13.5. The van der Waals surface area contributed by atoms with Gasteiger partial charge in [-0.1, -0.05) is 27.5 Å². The molecule has 0 amide bonds. The van der Waals surface area contributed by atoms with E-state index in [-0.39, 0.29) is 6.61 Å². The number of hydrogen-bond acceptors (Lipinski definition) is 4. The minimum atomic E-state index is -0.665. The van der Waals surface area contributed by atoms with Gasteiger partial charge in [0, 0.05) is 21.7 Å². The van der Waals surface area contributed by atoms with Crippen molar-refractivity contribution in [3.8, 4) is 17.2 Å². The molecule has 0 aliphatic heterocycles. The molecule has 0 radical (unpaired) electrons. The second-order valence-corrected chi connectivity index (χ2v) is 8.21. The summed E-state index contributed by atoms with van der Waals surface area (Å²) in [6, 6.07) is 20.4. The Morgan fingerprint density at radius 3 is 2.21 bits per heavy atom. The maximum atomic E-state index is 10.1. The van der Waals surface area contributed by atoms with Crippen LogP contribution >= 0.6 is 43.5 Å². The third-order valence-corrected chi connectivity index (χ3v) is 5.15. The lowest BCUT2D eigenvalue weighted by Crippen LogP contribution is -2.26. The lowest BCUT2D eigenvalue weighted by Gasteiger charge is -2.15. The molecule has 0 spiro atoms. The smallest absolute Gasteiger partial charge is 0.133 e. The first-order valence-corrected chi connectivity index (χ1v) is 10.5. The first kappa shape index (κ1) is 21.0. The molecule has 3 rings (SSSR count). The molecule has 7 heteroatoms. The van der Waals surface area contributed by atoms with Crippen LogP contribution in [0.25, 0.3) is 0 Å². The van der Waals surface area contributed by atoms with E-state index in [0.29, 0.717) is 17.3 Å². The van der Waals surface area contributed by atoms with Gasteiger partial charge in [0.1, 0.15) is 30.0 Å². The van der Waals surface area contributed by atoms with Gasteiger partial charge in [0.2, 0.25) is 0 Å². The van der Waals surface area contributed by atoms with Crippen LogP contribution in [0.5, 0.6) is 17.2 Å². The monoisotopic (exact) mass is 525 g/mol. The highest BCUT2D eigenvalue weighted by atomic mass is 79.9. The van der Waals surface area contributed by atoms with Gasteiger partial charge < -0.3 is 19.9 Å². The molecule has 0 bridgehead atoms. The normalized spacial score (nSPS) is 11.7. The lowest BCUT2D eigenvalue weighted by atomic mass is 10.2. The quantitative estimate of drug-likeness (QED) is 0.351. The van der Waals surface area contributed by atoms with E-state index < -0.39 is 6.10 Å². The maximum Gasteiger partial charge on any atom is 0.133 e. The highest BCUT2D eigenvalue weighted by Gasteiger charge is 2.08. The van der Waals surface area contributed by atoms with Gasteiger partial charge in [0.15, 0.2) is 0 Å². The second kappa shape index (κ2) is 10.2. The molecular weight excluding hydrogens is 509 g/mol. The van der Waals surface area contributed by atoms with E-state index in [9.17, 15) is 5.11 Å². The van der Waals surface area contributed by atoms with E-state index in [2.05, 4.69) is 37.2 Å². The molecule has 1 atom stereocenters. The lowest BCUT2D eigenvalue weighted by molar-refractivity contribution is 0.117. The van der Waals surface area contributed by atoms with Crippen molar-refractivity contribution in [3.05, 3.63) is 80.7 Å². The number of aliphatic hydroxyl groups excluding tert-OH is 1.